The fraction of sp³-hybridized carbons (Fsp3) is 0.500. The molecule has 0 amide bonds. The van der Waals surface area contributed by atoms with Gasteiger partial charge in [0.15, 0.2) is 11.6 Å². The van der Waals surface area contributed by atoms with Gasteiger partial charge in [0, 0.05) is 68.6 Å². The Morgan fingerprint density at radius 2 is 1.52 bits per heavy atom. The normalized spacial score (nSPS) is 21.9. The third-order valence-electron chi connectivity index (χ3n) is 6.88. The molecule has 1 saturated carbocycles. The summed E-state index contributed by atoms with van der Waals surface area (Å²) < 4.78 is 0. The summed E-state index contributed by atoms with van der Waals surface area (Å²) in [5, 5.41) is 0. The van der Waals surface area contributed by atoms with Gasteiger partial charge in [0.05, 0.1) is 12.1 Å². The zero-order valence-electron chi connectivity index (χ0n) is 19.6. The summed E-state index contributed by atoms with van der Waals surface area (Å²) >= 11 is 0. The van der Waals surface area contributed by atoms with Crippen LogP contribution in [0.2, 0.25) is 0 Å². The van der Waals surface area contributed by atoms with E-state index in [4.69, 9.17) is 0 Å². The van der Waals surface area contributed by atoms with Crippen molar-refractivity contribution < 1.29 is 19.2 Å². The molecule has 1 heterocycles. The monoisotopic (exact) mass is 449 g/mol. The molecule has 0 N–H and O–H groups in total. The standard InChI is InChI=1S/C26H31N3O4/c1-17(23-24(32)18-6-4-5-7-19(18)25(23)33)29-12-10-28(11-13-29)9-8-27-16-20-21(30)14-26(2,3)15-22(20)31/h4-7,16,20H,8-15H2,1-3H3. The molecule has 4 rings (SSSR count). The molecule has 1 aromatic carbocycles. The van der Waals surface area contributed by atoms with Crippen LogP contribution >= 0.6 is 0 Å². The highest BCUT2D eigenvalue weighted by molar-refractivity contribution is 6.39. The van der Waals surface area contributed by atoms with Gasteiger partial charge in [0.1, 0.15) is 17.5 Å². The van der Waals surface area contributed by atoms with Crippen molar-refractivity contribution in [2.75, 3.05) is 39.3 Å². The van der Waals surface area contributed by atoms with Gasteiger partial charge in [-0.2, -0.15) is 0 Å². The van der Waals surface area contributed by atoms with Crippen LogP contribution in [0.3, 0.4) is 0 Å². The van der Waals surface area contributed by atoms with Crippen LogP contribution in [0.1, 0.15) is 54.3 Å². The van der Waals surface area contributed by atoms with Crippen molar-refractivity contribution in [3.63, 3.8) is 0 Å². The highest BCUT2D eigenvalue weighted by Crippen LogP contribution is 2.33. The van der Waals surface area contributed by atoms with Crippen molar-refractivity contribution >= 4 is 29.3 Å². The predicted octanol–water partition coefficient (Wildman–Crippen LogP) is 2.60. The summed E-state index contributed by atoms with van der Waals surface area (Å²) in [7, 11) is 0. The maximum atomic E-state index is 12.8. The first-order valence-corrected chi connectivity index (χ1v) is 11.6. The quantitative estimate of drug-likeness (QED) is 0.297. The van der Waals surface area contributed by atoms with Gasteiger partial charge in [0.2, 0.25) is 0 Å². The number of hydrogen-bond acceptors (Lipinski definition) is 7. The van der Waals surface area contributed by atoms with E-state index in [2.05, 4.69) is 14.8 Å². The fourth-order valence-corrected chi connectivity index (χ4v) is 5.00. The molecule has 174 valence electrons. The smallest absolute Gasteiger partial charge is 0.199 e. The third kappa shape index (κ3) is 4.74. The van der Waals surface area contributed by atoms with Crippen LogP contribution < -0.4 is 0 Å². The van der Waals surface area contributed by atoms with Crippen LogP contribution in [0.25, 0.3) is 0 Å². The molecule has 2 fully saturated rings. The number of rotatable bonds is 5. The summed E-state index contributed by atoms with van der Waals surface area (Å²) in [6.45, 7) is 10.1. The molecular weight excluding hydrogens is 418 g/mol. The van der Waals surface area contributed by atoms with Crippen molar-refractivity contribution in [1.82, 2.24) is 9.80 Å². The van der Waals surface area contributed by atoms with Crippen molar-refractivity contribution in [2.45, 2.75) is 33.6 Å². The number of carbonyl (C=O) groups excluding carboxylic acids is 4. The van der Waals surface area contributed by atoms with E-state index in [1.165, 1.54) is 0 Å². The maximum absolute atomic E-state index is 12.8. The number of carbonyl (C=O) groups is 4. The molecule has 0 bridgehead atoms. The van der Waals surface area contributed by atoms with Gasteiger partial charge in [-0.05, 0) is 12.3 Å². The summed E-state index contributed by atoms with van der Waals surface area (Å²) in [4.78, 5) is 58.8. The number of aliphatic imine (C=N–C) groups is 1. The highest BCUT2D eigenvalue weighted by atomic mass is 16.2. The molecule has 0 radical (unpaired) electrons. The molecule has 1 aliphatic heterocycles. The maximum Gasteiger partial charge on any atom is 0.199 e. The Morgan fingerprint density at radius 3 is 2.06 bits per heavy atom. The number of allylic oxidation sites excluding steroid dienone is 2. The minimum atomic E-state index is -0.685. The molecule has 3 aliphatic rings. The van der Waals surface area contributed by atoms with E-state index in [-0.39, 0.29) is 28.5 Å². The topological polar surface area (TPSA) is 87.1 Å². The van der Waals surface area contributed by atoms with Gasteiger partial charge in [-0.15, -0.1) is 0 Å². The lowest BCUT2D eigenvalue weighted by Gasteiger charge is -2.36. The van der Waals surface area contributed by atoms with Crippen molar-refractivity contribution in [2.24, 2.45) is 16.3 Å². The fourth-order valence-electron chi connectivity index (χ4n) is 5.00. The van der Waals surface area contributed by atoms with Crippen molar-refractivity contribution in [3.8, 4) is 0 Å². The lowest BCUT2D eigenvalue weighted by molar-refractivity contribution is -0.136. The van der Waals surface area contributed by atoms with Gasteiger partial charge in [-0.1, -0.05) is 38.1 Å². The van der Waals surface area contributed by atoms with Crippen LogP contribution in [0.15, 0.2) is 40.5 Å². The van der Waals surface area contributed by atoms with Gasteiger partial charge in [0.25, 0.3) is 0 Å². The summed E-state index contributed by atoms with van der Waals surface area (Å²) in [6, 6.07) is 6.99. The lowest BCUT2D eigenvalue weighted by Crippen LogP contribution is -2.46. The molecular formula is C26H31N3O4. The Morgan fingerprint density at radius 1 is 0.970 bits per heavy atom. The summed E-state index contributed by atoms with van der Waals surface area (Å²) in [6.07, 6.45) is 2.38. The Labute approximate surface area is 194 Å². The lowest BCUT2D eigenvalue weighted by atomic mass is 9.72. The van der Waals surface area contributed by atoms with E-state index in [1.807, 2.05) is 20.8 Å². The minimum absolute atomic E-state index is 0.0321. The number of fused-ring (bicyclic) bond motifs is 1. The molecule has 0 unspecified atom stereocenters. The Balaban J connectivity index is 1.29. The number of Topliss-reactive ketones (excluding diaryl/α,β-unsaturated/α-hetero) is 4. The number of nitrogens with zero attached hydrogens (tertiary/aromatic N) is 3. The van der Waals surface area contributed by atoms with E-state index < -0.39 is 5.92 Å². The molecule has 1 aromatic rings. The van der Waals surface area contributed by atoms with Gasteiger partial charge >= 0.3 is 0 Å². The van der Waals surface area contributed by atoms with Crippen molar-refractivity contribution in [3.05, 3.63) is 46.7 Å². The Bertz CT molecular complexity index is 1000. The van der Waals surface area contributed by atoms with E-state index >= 15 is 0 Å². The average molecular weight is 450 g/mol. The molecule has 0 atom stereocenters. The number of benzene rings is 1. The predicted molar refractivity (Wildman–Crippen MR) is 126 cm³/mol. The van der Waals surface area contributed by atoms with E-state index in [1.54, 1.807) is 30.5 Å². The largest absolute Gasteiger partial charge is 0.372 e. The second-order valence-electron chi connectivity index (χ2n) is 9.98. The number of piperazine rings is 1. The van der Waals surface area contributed by atoms with E-state index in [0.29, 0.717) is 36.1 Å². The SMILES string of the molecule is CC(=C1C(=O)c2ccccc2C1=O)N1CCN(CCN=CC2C(=O)CC(C)(C)CC2=O)CC1. The molecule has 0 spiro atoms. The second-order valence-corrected chi connectivity index (χ2v) is 9.98. The first-order valence-electron chi connectivity index (χ1n) is 11.6. The minimum Gasteiger partial charge on any atom is -0.372 e. The number of ketones is 4. The summed E-state index contributed by atoms with van der Waals surface area (Å²) in [5.41, 5.74) is 1.77. The molecule has 1 saturated heterocycles. The van der Waals surface area contributed by atoms with E-state index in [0.717, 1.165) is 38.4 Å². The van der Waals surface area contributed by atoms with Crippen LogP contribution in [-0.4, -0.2) is 78.4 Å². The first kappa shape index (κ1) is 23.2. The van der Waals surface area contributed by atoms with Crippen LogP contribution in [0, 0.1) is 11.3 Å². The average Bonchev–Trinajstić information content (AvgIpc) is 3.02. The van der Waals surface area contributed by atoms with Crippen LogP contribution in [0.4, 0.5) is 0 Å². The second kappa shape index (κ2) is 9.14. The first-order chi connectivity index (χ1) is 15.7. The summed E-state index contributed by atoms with van der Waals surface area (Å²) in [5.74, 6) is -1.11. The van der Waals surface area contributed by atoms with Gasteiger partial charge in [-0.3, -0.25) is 29.1 Å². The van der Waals surface area contributed by atoms with Crippen molar-refractivity contribution in [1.29, 1.82) is 0 Å². The molecule has 7 heteroatoms. The Hall–Kier alpha value is -2.93. The van der Waals surface area contributed by atoms with Gasteiger partial charge in [-0.25, -0.2) is 0 Å². The zero-order chi connectivity index (χ0) is 23.8. The van der Waals surface area contributed by atoms with E-state index in [9.17, 15) is 19.2 Å². The number of hydrogen-bond donors (Lipinski definition) is 0. The van der Waals surface area contributed by atoms with Gasteiger partial charge < -0.3 is 4.90 Å². The zero-order valence-corrected chi connectivity index (χ0v) is 19.6. The Kier molecular flexibility index (Phi) is 6.43. The molecule has 7 nitrogen and oxygen atoms in total. The molecule has 0 aromatic heterocycles. The van der Waals surface area contributed by atoms with Crippen LogP contribution in [-0.2, 0) is 9.59 Å². The third-order valence-corrected chi connectivity index (χ3v) is 6.88. The molecule has 33 heavy (non-hydrogen) atoms. The highest BCUT2D eigenvalue weighted by Gasteiger charge is 2.39. The molecule has 2 aliphatic carbocycles. The van der Waals surface area contributed by atoms with Crippen LogP contribution in [0.5, 0.6) is 0 Å².